The third-order valence-corrected chi connectivity index (χ3v) is 6.79. The highest BCUT2D eigenvalue weighted by molar-refractivity contribution is 5.75. The number of carbonyl (C=O) groups excluding carboxylic acids is 1. The van der Waals surface area contributed by atoms with Crippen LogP contribution in [0.3, 0.4) is 0 Å². The van der Waals surface area contributed by atoms with Crippen LogP contribution in [0.5, 0.6) is 5.75 Å². The van der Waals surface area contributed by atoms with Gasteiger partial charge in [0.2, 0.25) is 5.91 Å². The van der Waals surface area contributed by atoms with Crippen molar-refractivity contribution in [1.82, 2.24) is 5.32 Å². The number of carbonyl (C=O) groups is 1. The van der Waals surface area contributed by atoms with Crippen molar-refractivity contribution < 1.29 is 9.53 Å². The predicted molar refractivity (Wildman–Crippen MR) is 152 cm³/mol. The fourth-order valence-electron chi connectivity index (χ4n) is 4.61. The summed E-state index contributed by atoms with van der Waals surface area (Å²) in [5.41, 5.74) is 1.11. The van der Waals surface area contributed by atoms with Gasteiger partial charge in [-0.1, -0.05) is 135 Å². The Hall–Kier alpha value is -1.51. The van der Waals surface area contributed by atoms with Gasteiger partial charge in [-0.15, -0.1) is 0 Å². The van der Waals surface area contributed by atoms with E-state index in [4.69, 9.17) is 4.74 Å². The smallest absolute Gasteiger partial charge is 0.220 e. The first-order valence-electron chi connectivity index (χ1n) is 15.1. The molecule has 3 nitrogen and oxygen atoms in total. The van der Waals surface area contributed by atoms with Gasteiger partial charge in [-0.25, -0.2) is 0 Å². The maximum absolute atomic E-state index is 12.1. The molecular formula is C32H57NO2. The maximum atomic E-state index is 12.1. The highest BCUT2D eigenvalue weighted by Gasteiger charge is 2.03. The molecule has 0 bridgehead atoms. The maximum Gasteiger partial charge on any atom is 0.220 e. The van der Waals surface area contributed by atoms with Gasteiger partial charge in [0.15, 0.2) is 0 Å². The molecule has 0 saturated heterocycles. The second-order valence-electron chi connectivity index (χ2n) is 10.7. The molecular weight excluding hydrogens is 430 g/mol. The highest BCUT2D eigenvalue weighted by Crippen LogP contribution is 2.16. The van der Waals surface area contributed by atoms with Crippen LogP contribution in [-0.2, 0) is 11.3 Å². The van der Waals surface area contributed by atoms with E-state index in [0.29, 0.717) is 13.0 Å². The van der Waals surface area contributed by atoms with Crippen LogP contribution in [0.15, 0.2) is 24.3 Å². The lowest BCUT2D eigenvalue weighted by atomic mass is 10.0. The minimum Gasteiger partial charge on any atom is -0.491 e. The second-order valence-corrected chi connectivity index (χ2v) is 10.7. The molecule has 1 aromatic rings. The minimum absolute atomic E-state index is 0.166. The number of hydrogen-bond acceptors (Lipinski definition) is 2. The monoisotopic (exact) mass is 487 g/mol. The van der Waals surface area contributed by atoms with E-state index in [9.17, 15) is 4.79 Å². The Morgan fingerprint density at radius 3 is 1.46 bits per heavy atom. The molecule has 1 rings (SSSR count). The van der Waals surface area contributed by atoms with Gasteiger partial charge >= 0.3 is 0 Å². The number of hydrogen-bond donors (Lipinski definition) is 1. The zero-order valence-corrected chi connectivity index (χ0v) is 23.6. The van der Waals surface area contributed by atoms with E-state index in [1.165, 1.54) is 116 Å². The summed E-state index contributed by atoms with van der Waals surface area (Å²) in [6.07, 6.45) is 27.0. The number of unbranched alkanes of at least 4 members (excludes halogenated alkanes) is 18. The van der Waals surface area contributed by atoms with Gasteiger partial charge in [-0.2, -0.15) is 0 Å². The summed E-state index contributed by atoms with van der Waals surface area (Å²) < 4.78 is 5.66. The summed E-state index contributed by atoms with van der Waals surface area (Å²) in [6.45, 7) is 6.93. The van der Waals surface area contributed by atoms with Crippen molar-refractivity contribution in [2.45, 2.75) is 162 Å². The molecule has 202 valence electrons. The Kier molecular flexibility index (Phi) is 20.6. The lowest BCUT2D eigenvalue weighted by Gasteiger charge is -2.10. The second kappa shape index (κ2) is 22.9. The van der Waals surface area contributed by atoms with Crippen molar-refractivity contribution in [3.05, 3.63) is 29.8 Å². The van der Waals surface area contributed by atoms with Gasteiger partial charge in [-0.3, -0.25) is 4.79 Å². The molecule has 0 radical (unpaired) electrons. The largest absolute Gasteiger partial charge is 0.491 e. The van der Waals surface area contributed by atoms with Gasteiger partial charge in [0, 0.05) is 13.0 Å². The Morgan fingerprint density at radius 1 is 0.657 bits per heavy atom. The first kappa shape index (κ1) is 31.5. The van der Waals surface area contributed by atoms with Crippen LogP contribution in [0.4, 0.5) is 0 Å². The normalized spacial score (nSPS) is 11.2. The minimum atomic E-state index is 0.166. The number of amides is 1. The molecule has 35 heavy (non-hydrogen) atoms. The quantitative estimate of drug-likeness (QED) is 0.147. The molecule has 0 fully saturated rings. The third-order valence-electron chi connectivity index (χ3n) is 6.79. The molecule has 0 atom stereocenters. The molecule has 0 aliphatic rings. The van der Waals surface area contributed by atoms with Gasteiger partial charge in [0.05, 0.1) is 6.10 Å². The van der Waals surface area contributed by atoms with E-state index >= 15 is 0 Å². The summed E-state index contributed by atoms with van der Waals surface area (Å²) in [7, 11) is 0. The Bertz CT molecular complexity index is 596. The molecule has 3 heteroatoms. The Labute approximate surface area is 218 Å². The number of rotatable bonds is 24. The van der Waals surface area contributed by atoms with Crippen LogP contribution in [0.25, 0.3) is 0 Å². The van der Waals surface area contributed by atoms with E-state index in [1.54, 1.807) is 0 Å². The van der Waals surface area contributed by atoms with E-state index < -0.39 is 0 Å². The summed E-state index contributed by atoms with van der Waals surface area (Å²) in [6, 6.07) is 7.99. The number of benzene rings is 1. The van der Waals surface area contributed by atoms with Crippen molar-refractivity contribution >= 4 is 5.91 Å². The first-order valence-corrected chi connectivity index (χ1v) is 15.1. The third kappa shape index (κ3) is 20.4. The molecule has 0 heterocycles. The summed E-state index contributed by atoms with van der Waals surface area (Å²) in [5, 5.41) is 3.04. The van der Waals surface area contributed by atoms with Gasteiger partial charge in [0.25, 0.3) is 0 Å². The van der Waals surface area contributed by atoms with Crippen LogP contribution in [-0.4, -0.2) is 12.0 Å². The molecule has 0 unspecified atom stereocenters. The van der Waals surface area contributed by atoms with Crippen LogP contribution < -0.4 is 10.1 Å². The van der Waals surface area contributed by atoms with Crippen LogP contribution in [0, 0.1) is 0 Å². The molecule has 0 saturated carbocycles. The highest BCUT2D eigenvalue weighted by atomic mass is 16.5. The van der Waals surface area contributed by atoms with E-state index in [0.717, 1.165) is 17.7 Å². The van der Waals surface area contributed by atoms with Crippen LogP contribution in [0.1, 0.15) is 155 Å². The van der Waals surface area contributed by atoms with Crippen LogP contribution >= 0.6 is 0 Å². The van der Waals surface area contributed by atoms with Crippen LogP contribution in [0.2, 0.25) is 0 Å². The van der Waals surface area contributed by atoms with Gasteiger partial charge < -0.3 is 10.1 Å². The van der Waals surface area contributed by atoms with Crippen molar-refractivity contribution in [3.63, 3.8) is 0 Å². The zero-order chi connectivity index (χ0) is 25.4. The summed E-state index contributed by atoms with van der Waals surface area (Å²) >= 11 is 0. The molecule has 0 spiro atoms. The van der Waals surface area contributed by atoms with E-state index in [1.807, 2.05) is 38.1 Å². The number of ether oxygens (including phenoxy) is 1. The lowest BCUT2D eigenvalue weighted by Crippen LogP contribution is -2.22. The molecule has 1 aromatic carbocycles. The summed E-state index contributed by atoms with van der Waals surface area (Å²) in [4.78, 5) is 12.1. The SMILES string of the molecule is CCCCCCCCCCCCCCCCCCCCCC(=O)NCc1ccc(OC(C)C)cc1. The Balaban J connectivity index is 1.80. The molecule has 0 aliphatic carbocycles. The summed E-state index contributed by atoms with van der Waals surface area (Å²) in [5.74, 6) is 1.05. The standard InChI is InChI=1S/C32H57NO2/c1-4-5-6-7-8-9-10-11-12-13-14-15-16-17-18-19-20-21-22-23-32(34)33-28-30-24-26-31(27-25-30)35-29(2)3/h24-27,29H,4-23,28H2,1-3H3,(H,33,34). The van der Waals surface area contributed by atoms with Crippen molar-refractivity contribution in [2.75, 3.05) is 0 Å². The van der Waals surface area contributed by atoms with E-state index in [-0.39, 0.29) is 12.0 Å². The van der Waals surface area contributed by atoms with Crippen molar-refractivity contribution in [3.8, 4) is 5.75 Å². The average Bonchev–Trinajstić information content (AvgIpc) is 2.84. The molecule has 0 aromatic heterocycles. The van der Waals surface area contributed by atoms with Gasteiger partial charge in [-0.05, 0) is 38.0 Å². The zero-order valence-electron chi connectivity index (χ0n) is 23.6. The fraction of sp³-hybridized carbons (Fsp3) is 0.781. The topological polar surface area (TPSA) is 38.3 Å². The molecule has 1 N–H and O–H groups in total. The molecule has 0 aliphatic heterocycles. The van der Waals surface area contributed by atoms with Gasteiger partial charge in [0.1, 0.15) is 5.75 Å². The number of nitrogens with one attached hydrogen (secondary N) is 1. The lowest BCUT2D eigenvalue weighted by molar-refractivity contribution is -0.121. The molecule has 1 amide bonds. The predicted octanol–water partition coefficient (Wildman–Crippen LogP) is 9.91. The van der Waals surface area contributed by atoms with E-state index in [2.05, 4.69) is 12.2 Å². The fourth-order valence-corrected chi connectivity index (χ4v) is 4.61. The van der Waals surface area contributed by atoms with Crippen molar-refractivity contribution in [1.29, 1.82) is 0 Å². The first-order chi connectivity index (χ1) is 17.1. The van der Waals surface area contributed by atoms with Crippen molar-refractivity contribution in [2.24, 2.45) is 0 Å². The average molecular weight is 488 g/mol. The Morgan fingerprint density at radius 2 is 1.06 bits per heavy atom.